The summed E-state index contributed by atoms with van der Waals surface area (Å²) in [5, 5.41) is 2.63. The third-order valence-electron chi connectivity index (χ3n) is 3.64. The first-order valence-corrected chi connectivity index (χ1v) is 6.38. The summed E-state index contributed by atoms with van der Waals surface area (Å²) in [4.78, 5) is 11.1. The van der Waals surface area contributed by atoms with Gasteiger partial charge >= 0.3 is 6.09 Å². The minimum Gasteiger partial charge on any atom is -0.453 e. The molecule has 98 valence electrons. The maximum absolute atomic E-state index is 11.1. The van der Waals surface area contributed by atoms with Crippen molar-refractivity contribution in [1.29, 1.82) is 0 Å². The fourth-order valence-electron chi connectivity index (χ4n) is 2.53. The summed E-state index contributed by atoms with van der Waals surface area (Å²) in [7, 11) is 1.35. The van der Waals surface area contributed by atoms with Gasteiger partial charge in [0.1, 0.15) is 0 Å². The molecular formula is C14H20N2O2. The van der Waals surface area contributed by atoms with Crippen molar-refractivity contribution in [1.82, 2.24) is 0 Å². The lowest BCUT2D eigenvalue weighted by Crippen LogP contribution is -2.38. The Morgan fingerprint density at radius 2 is 1.83 bits per heavy atom. The van der Waals surface area contributed by atoms with E-state index in [4.69, 9.17) is 5.73 Å². The molecule has 1 aliphatic rings. The fraction of sp³-hybridized carbons (Fsp3) is 0.500. The van der Waals surface area contributed by atoms with Crippen LogP contribution in [0.3, 0.4) is 0 Å². The van der Waals surface area contributed by atoms with Crippen molar-refractivity contribution < 1.29 is 9.53 Å². The molecule has 0 aliphatic heterocycles. The number of rotatable bonds is 2. The maximum atomic E-state index is 11.1. The van der Waals surface area contributed by atoms with Crippen LogP contribution in [0.4, 0.5) is 10.5 Å². The van der Waals surface area contributed by atoms with Crippen molar-refractivity contribution in [3.05, 3.63) is 29.8 Å². The molecule has 18 heavy (non-hydrogen) atoms. The van der Waals surface area contributed by atoms with Gasteiger partial charge in [-0.3, -0.25) is 5.32 Å². The molecule has 1 aromatic rings. The summed E-state index contributed by atoms with van der Waals surface area (Å²) in [6, 6.07) is 7.73. The quantitative estimate of drug-likeness (QED) is 0.845. The lowest BCUT2D eigenvalue weighted by Gasteiger charge is -2.34. The molecule has 1 aromatic carbocycles. The Morgan fingerprint density at radius 1 is 1.22 bits per heavy atom. The van der Waals surface area contributed by atoms with Crippen LogP contribution in [0.1, 0.15) is 37.7 Å². The normalized spacial score (nSPS) is 18.1. The molecule has 0 heterocycles. The number of benzene rings is 1. The molecule has 2 rings (SSSR count). The molecule has 0 aromatic heterocycles. The van der Waals surface area contributed by atoms with Crippen LogP contribution in [0.25, 0.3) is 0 Å². The summed E-state index contributed by atoms with van der Waals surface area (Å²) in [6.45, 7) is 0. The Morgan fingerprint density at radius 3 is 2.39 bits per heavy atom. The second kappa shape index (κ2) is 5.40. The first-order chi connectivity index (χ1) is 8.64. The summed E-state index contributed by atoms with van der Waals surface area (Å²) < 4.78 is 4.55. The van der Waals surface area contributed by atoms with Crippen LogP contribution >= 0.6 is 0 Å². The highest BCUT2D eigenvalue weighted by Crippen LogP contribution is 2.35. The Hall–Kier alpha value is -1.55. The Bertz CT molecular complexity index is 408. The van der Waals surface area contributed by atoms with Crippen LogP contribution in [0.5, 0.6) is 0 Å². The van der Waals surface area contributed by atoms with Crippen LogP contribution in [0, 0.1) is 0 Å². The summed E-state index contributed by atoms with van der Waals surface area (Å²) >= 11 is 0. The molecule has 1 amide bonds. The molecule has 1 fully saturated rings. The molecule has 0 unspecified atom stereocenters. The number of anilines is 1. The first kappa shape index (κ1) is 12.9. The number of hydrogen-bond acceptors (Lipinski definition) is 3. The van der Waals surface area contributed by atoms with Crippen molar-refractivity contribution in [3.63, 3.8) is 0 Å². The van der Waals surface area contributed by atoms with E-state index in [0.29, 0.717) is 0 Å². The predicted molar refractivity (Wildman–Crippen MR) is 71.4 cm³/mol. The smallest absolute Gasteiger partial charge is 0.411 e. The van der Waals surface area contributed by atoms with Gasteiger partial charge in [-0.25, -0.2) is 4.79 Å². The number of nitrogens with two attached hydrogens (primary N) is 1. The molecule has 0 atom stereocenters. The molecule has 4 heteroatoms. The largest absolute Gasteiger partial charge is 0.453 e. The van der Waals surface area contributed by atoms with Crippen LogP contribution < -0.4 is 11.1 Å². The Kier molecular flexibility index (Phi) is 3.87. The third-order valence-corrected chi connectivity index (χ3v) is 3.64. The molecule has 0 bridgehead atoms. The van der Waals surface area contributed by atoms with Gasteiger partial charge in [0.05, 0.1) is 7.11 Å². The predicted octanol–water partition coefficient (Wildman–Crippen LogP) is 2.98. The van der Waals surface area contributed by atoms with Gasteiger partial charge in [-0.05, 0) is 30.5 Å². The number of carbonyl (C=O) groups is 1. The minimum absolute atomic E-state index is 0.192. The van der Waals surface area contributed by atoms with Crippen molar-refractivity contribution in [2.24, 2.45) is 5.73 Å². The Labute approximate surface area is 108 Å². The number of hydrogen-bond donors (Lipinski definition) is 2. The van der Waals surface area contributed by atoms with Gasteiger partial charge < -0.3 is 10.5 Å². The monoisotopic (exact) mass is 248 g/mol. The lowest BCUT2D eigenvalue weighted by atomic mass is 9.77. The number of ether oxygens (including phenoxy) is 1. The molecule has 0 radical (unpaired) electrons. The average Bonchev–Trinajstić information content (AvgIpc) is 2.40. The van der Waals surface area contributed by atoms with Gasteiger partial charge in [0.25, 0.3) is 0 Å². The van der Waals surface area contributed by atoms with Crippen LogP contribution in [0.2, 0.25) is 0 Å². The average molecular weight is 248 g/mol. The van der Waals surface area contributed by atoms with Gasteiger partial charge in [0, 0.05) is 11.2 Å². The van der Waals surface area contributed by atoms with E-state index in [1.807, 2.05) is 24.3 Å². The molecule has 3 N–H and O–H groups in total. The molecule has 0 spiro atoms. The fourth-order valence-corrected chi connectivity index (χ4v) is 2.53. The van der Waals surface area contributed by atoms with E-state index in [-0.39, 0.29) is 5.54 Å². The number of carbonyl (C=O) groups excluding carboxylic acids is 1. The zero-order valence-electron chi connectivity index (χ0n) is 10.7. The minimum atomic E-state index is -0.456. The second-order valence-electron chi connectivity index (χ2n) is 4.91. The summed E-state index contributed by atoms with van der Waals surface area (Å²) in [5.74, 6) is 0. The standard InChI is InChI=1S/C14H20N2O2/c1-18-13(17)16-12-7-5-11(6-8-12)14(15)9-3-2-4-10-14/h5-8H,2-4,9-10,15H2,1H3,(H,16,17). The molecule has 1 saturated carbocycles. The van der Waals surface area contributed by atoms with E-state index in [0.717, 1.165) is 24.1 Å². The van der Waals surface area contributed by atoms with Gasteiger partial charge in [0.2, 0.25) is 0 Å². The maximum Gasteiger partial charge on any atom is 0.411 e. The summed E-state index contributed by atoms with van der Waals surface area (Å²) in [6.07, 6.45) is 5.29. The van der Waals surface area contributed by atoms with E-state index in [9.17, 15) is 4.79 Å². The zero-order valence-corrected chi connectivity index (χ0v) is 10.7. The van der Waals surface area contributed by atoms with Crippen molar-refractivity contribution in [2.75, 3.05) is 12.4 Å². The Balaban J connectivity index is 2.09. The van der Waals surface area contributed by atoms with Gasteiger partial charge in [-0.2, -0.15) is 0 Å². The molecular weight excluding hydrogens is 228 g/mol. The number of methoxy groups -OCH3 is 1. The lowest BCUT2D eigenvalue weighted by molar-refractivity contribution is 0.187. The highest BCUT2D eigenvalue weighted by atomic mass is 16.5. The first-order valence-electron chi connectivity index (χ1n) is 6.38. The molecule has 0 saturated heterocycles. The van der Waals surface area contributed by atoms with E-state index < -0.39 is 6.09 Å². The highest BCUT2D eigenvalue weighted by Gasteiger charge is 2.29. The zero-order chi connectivity index (χ0) is 13.0. The van der Waals surface area contributed by atoms with Crippen molar-refractivity contribution >= 4 is 11.8 Å². The van der Waals surface area contributed by atoms with Gasteiger partial charge in [-0.1, -0.05) is 31.4 Å². The SMILES string of the molecule is COC(=O)Nc1ccc(C2(N)CCCCC2)cc1. The van der Waals surface area contributed by atoms with Crippen LogP contribution in [-0.4, -0.2) is 13.2 Å². The summed E-state index contributed by atoms with van der Waals surface area (Å²) in [5.41, 5.74) is 8.13. The van der Waals surface area contributed by atoms with Gasteiger partial charge in [0.15, 0.2) is 0 Å². The van der Waals surface area contributed by atoms with E-state index in [2.05, 4.69) is 10.1 Å². The number of nitrogens with one attached hydrogen (secondary N) is 1. The van der Waals surface area contributed by atoms with Crippen molar-refractivity contribution in [3.8, 4) is 0 Å². The highest BCUT2D eigenvalue weighted by molar-refractivity contribution is 5.84. The number of amides is 1. The molecule has 1 aliphatic carbocycles. The second-order valence-corrected chi connectivity index (χ2v) is 4.91. The topological polar surface area (TPSA) is 64.3 Å². The van der Waals surface area contributed by atoms with Crippen molar-refractivity contribution in [2.45, 2.75) is 37.6 Å². The van der Waals surface area contributed by atoms with E-state index >= 15 is 0 Å². The third kappa shape index (κ3) is 2.82. The van der Waals surface area contributed by atoms with Crippen LogP contribution in [0.15, 0.2) is 24.3 Å². The van der Waals surface area contributed by atoms with Gasteiger partial charge in [-0.15, -0.1) is 0 Å². The van der Waals surface area contributed by atoms with Crippen LogP contribution in [-0.2, 0) is 10.3 Å². The van der Waals surface area contributed by atoms with E-state index in [1.165, 1.54) is 26.4 Å². The molecule has 4 nitrogen and oxygen atoms in total. The van der Waals surface area contributed by atoms with E-state index in [1.54, 1.807) is 0 Å².